The van der Waals surface area contributed by atoms with Gasteiger partial charge < -0.3 is 10.7 Å². The molecule has 15 heavy (non-hydrogen) atoms. The molecule has 2 heterocycles. The summed E-state index contributed by atoms with van der Waals surface area (Å²) in [5.74, 6) is -0.0954. The molecule has 1 unspecified atom stereocenters. The van der Waals surface area contributed by atoms with Crippen molar-refractivity contribution in [1.29, 1.82) is 0 Å². The summed E-state index contributed by atoms with van der Waals surface area (Å²) in [5, 5.41) is 1.27. The lowest BCUT2D eigenvalue weighted by Crippen LogP contribution is -2.47. The van der Waals surface area contributed by atoms with Crippen molar-refractivity contribution in [2.75, 3.05) is 0 Å². The number of imidazole rings is 1. The molecule has 1 atom stereocenters. The Bertz CT molecular complexity index is 427. The number of aromatic amines is 1. The minimum Gasteiger partial charge on any atom is -0.313 e. The number of amides is 1. The van der Waals surface area contributed by atoms with E-state index in [2.05, 4.69) is 20.4 Å². The van der Waals surface area contributed by atoms with Crippen molar-refractivity contribution >= 4 is 18.1 Å². The van der Waals surface area contributed by atoms with Gasteiger partial charge in [0.2, 0.25) is 5.91 Å². The van der Waals surface area contributed by atoms with Crippen molar-refractivity contribution in [3.8, 4) is 0 Å². The SMILES string of the molecule is CC(=O)NN1C=Nc2nc(F)[nH]c2C1N. The fourth-order valence-corrected chi connectivity index (χ4v) is 1.26. The van der Waals surface area contributed by atoms with E-state index < -0.39 is 12.2 Å². The average Bonchev–Trinajstić information content (AvgIpc) is 2.51. The Kier molecular flexibility index (Phi) is 2.12. The maximum atomic E-state index is 12.8. The van der Waals surface area contributed by atoms with Crippen molar-refractivity contribution in [2.24, 2.45) is 10.7 Å². The first-order chi connectivity index (χ1) is 7.08. The number of halogens is 1. The lowest BCUT2D eigenvalue weighted by molar-refractivity contribution is -0.122. The number of nitrogens with one attached hydrogen (secondary N) is 2. The van der Waals surface area contributed by atoms with E-state index in [-0.39, 0.29) is 11.7 Å². The fourth-order valence-electron chi connectivity index (χ4n) is 1.26. The number of nitrogens with two attached hydrogens (primary N) is 1. The quantitative estimate of drug-likeness (QED) is 0.586. The molecule has 7 nitrogen and oxygen atoms in total. The molecule has 8 heteroatoms. The van der Waals surface area contributed by atoms with Crippen LogP contribution in [0.4, 0.5) is 10.2 Å². The summed E-state index contributed by atoms with van der Waals surface area (Å²) in [6.45, 7) is 1.34. The Balaban J connectivity index is 2.27. The molecule has 0 fully saturated rings. The Morgan fingerprint density at radius 3 is 3.20 bits per heavy atom. The molecule has 4 N–H and O–H groups in total. The van der Waals surface area contributed by atoms with E-state index >= 15 is 0 Å². The second-order valence-electron chi connectivity index (χ2n) is 3.03. The summed E-state index contributed by atoms with van der Waals surface area (Å²) >= 11 is 0. The molecule has 1 aromatic rings. The van der Waals surface area contributed by atoms with E-state index in [4.69, 9.17) is 5.73 Å². The van der Waals surface area contributed by atoms with E-state index in [1.165, 1.54) is 18.3 Å². The van der Waals surface area contributed by atoms with Crippen LogP contribution in [0.15, 0.2) is 4.99 Å². The maximum absolute atomic E-state index is 12.8. The molecule has 0 spiro atoms. The molecule has 1 aliphatic rings. The molecule has 0 saturated heterocycles. The van der Waals surface area contributed by atoms with E-state index in [9.17, 15) is 9.18 Å². The molecular weight excluding hydrogens is 203 g/mol. The number of aromatic nitrogens is 2. The van der Waals surface area contributed by atoms with Crippen LogP contribution < -0.4 is 11.2 Å². The number of hydrogen-bond donors (Lipinski definition) is 3. The number of rotatable bonds is 1. The van der Waals surface area contributed by atoms with Crippen molar-refractivity contribution < 1.29 is 9.18 Å². The number of carbonyl (C=O) groups excluding carboxylic acids is 1. The Hall–Kier alpha value is -1.96. The van der Waals surface area contributed by atoms with Crippen molar-refractivity contribution in [3.63, 3.8) is 0 Å². The highest BCUT2D eigenvalue weighted by atomic mass is 19.1. The first-order valence-corrected chi connectivity index (χ1v) is 4.18. The van der Waals surface area contributed by atoms with E-state index in [0.29, 0.717) is 5.69 Å². The zero-order chi connectivity index (χ0) is 11.0. The number of carbonyl (C=O) groups is 1. The first kappa shape index (κ1) is 9.59. The second-order valence-corrected chi connectivity index (χ2v) is 3.03. The average molecular weight is 212 g/mol. The van der Waals surface area contributed by atoms with Crippen LogP contribution in [0, 0.1) is 6.08 Å². The van der Waals surface area contributed by atoms with E-state index in [0.717, 1.165) is 0 Å². The Labute approximate surface area is 84.2 Å². The Morgan fingerprint density at radius 1 is 1.80 bits per heavy atom. The van der Waals surface area contributed by atoms with Crippen LogP contribution in [0.25, 0.3) is 0 Å². The fraction of sp³-hybridized carbons (Fsp3) is 0.286. The van der Waals surface area contributed by atoms with Crippen LogP contribution in [0.5, 0.6) is 0 Å². The highest BCUT2D eigenvalue weighted by Crippen LogP contribution is 2.25. The third kappa shape index (κ3) is 1.66. The molecule has 0 radical (unpaired) electrons. The number of fused-ring (bicyclic) bond motifs is 1. The first-order valence-electron chi connectivity index (χ1n) is 4.18. The molecule has 1 amide bonds. The maximum Gasteiger partial charge on any atom is 0.288 e. The van der Waals surface area contributed by atoms with Crippen LogP contribution in [-0.4, -0.2) is 27.2 Å². The summed E-state index contributed by atoms with van der Waals surface area (Å²) < 4.78 is 12.8. The third-order valence-electron chi connectivity index (χ3n) is 1.87. The molecular formula is C7H9FN6O. The van der Waals surface area contributed by atoms with Crippen LogP contribution in [0.3, 0.4) is 0 Å². The van der Waals surface area contributed by atoms with E-state index in [1.807, 2.05) is 0 Å². The Morgan fingerprint density at radius 2 is 2.53 bits per heavy atom. The monoisotopic (exact) mass is 212 g/mol. The number of aliphatic imine (C=N–C) groups is 1. The normalized spacial score (nSPS) is 18.9. The van der Waals surface area contributed by atoms with Gasteiger partial charge in [0.1, 0.15) is 18.2 Å². The second kappa shape index (κ2) is 3.31. The van der Waals surface area contributed by atoms with Gasteiger partial charge in [0.05, 0.1) is 0 Å². The molecule has 0 bridgehead atoms. The lowest BCUT2D eigenvalue weighted by Gasteiger charge is -2.27. The molecule has 0 saturated carbocycles. The number of hydrogen-bond acceptors (Lipinski definition) is 5. The number of nitrogens with zero attached hydrogens (tertiary/aromatic N) is 3. The molecule has 2 rings (SSSR count). The molecule has 0 aliphatic carbocycles. The molecule has 80 valence electrons. The van der Waals surface area contributed by atoms with Crippen LogP contribution in [0.1, 0.15) is 18.8 Å². The largest absolute Gasteiger partial charge is 0.313 e. The van der Waals surface area contributed by atoms with Gasteiger partial charge in [-0.3, -0.25) is 15.2 Å². The van der Waals surface area contributed by atoms with Gasteiger partial charge in [-0.15, -0.1) is 0 Å². The van der Waals surface area contributed by atoms with Gasteiger partial charge in [0.25, 0.3) is 6.08 Å². The van der Waals surface area contributed by atoms with Crippen LogP contribution >= 0.6 is 0 Å². The van der Waals surface area contributed by atoms with Crippen molar-refractivity contribution in [3.05, 3.63) is 11.8 Å². The van der Waals surface area contributed by atoms with Gasteiger partial charge in [0, 0.05) is 6.92 Å². The van der Waals surface area contributed by atoms with E-state index in [1.54, 1.807) is 0 Å². The molecule has 0 aromatic carbocycles. The number of H-pyrrole nitrogens is 1. The van der Waals surface area contributed by atoms with Gasteiger partial charge in [-0.2, -0.15) is 9.37 Å². The predicted molar refractivity (Wildman–Crippen MR) is 49.3 cm³/mol. The summed E-state index contributed by atoms with van der Waals surface area (Å²) in [7, 11) is 0. The standard InChI is InChI=1S/C7H9FN6O/c1-3(15)13-14-2-10-6-4(5(14)9)11-7(8)12-6/h2,5H,9H2,1H3,(H,11,12)(H,13,15). The van der Waals surface area contributed by atoms with Gasteiger partial charge in [-0.25, -0.2) is 4.99 Å². The summed E-state index contributed by atoms with van der Waals surface area (Å²) in [4.78, 5) is 20.4. The predicted octanol–water partition coefficient (Wildman–Crippen LogP) is -0.467. The van der Waals surface area contributed by atoms with Gasteiger partial charge >= 0.3 is 0 Å². The zero-order valence-corrected chi connectivity index (χ0v) is 7.86. The molecule has 1 aliphatic heterocycles. The smallest absolute Gasteiger partial charge is 0.288 e. The van der Waals surface area contributed by atoms with Crippen molar-refractivity contribution in [2.45, 2.75) is 13.1 Å². The number of hydrazine groups is 1. The highest BCUT2D eigenvalue weighted by Gasteiger charge is 2.25. The van der Waals surface area contributed by atoms with Crippen molar-refractivity contribution in [1.82, 2.24) is 20.4 Å². The van der Waals surface area contributed by atoms with Crippen LogP contribution in [0.2, 0.25) is 0 Å². The summed E-state index contributed by atoms with van der Waals surface area (Å²) in [6, 6.07) is 0. The highest BCUT2D eigenvalue weighted by molar-refractivity contribution is 5.76. The summed E-state index contributed by atoms with van der Waals surface area (Å²) in [6.07, 6.45) is -0.190. The van der Waals surface area contributed by atoms with Gasteiger partial charge in [0.15, 0.2) is 5.82 Å². The zero-order valence-electron chi connectivity index (χ0n) is 7.86. The molecule has 1 aromatic heterocycles. The minimum atomic E-state index is -0.753. The van der Waals surface area contributed by atoms with Crippen LogP contribution in [-0.2, 0) is 4.79 Å². The third-order valence-corrected chi connectivity index (χ3v) is 1.87. The topological polar surface area (TPSA) is 99.4 Å². The summed E-state index contributed by atoms with van der Waals surface area (Å²) in [5.41, 5.74) is 8.49. The minimum absolute atomic E-state index is 0.196. The lowest BCUT2D eigenvalue weighted by atomic mass is 10.3. The van der Waals surface area contributed by atoms with Gasteiger partial charge in [-0.1, -0.05) is 0 Å². The van der Waals surface area contributed by atoms with Gasteiger partial charge in [-0.05, 0) is 0 Å².